The number of fused-ring (bicyclic) bond motifs is 1. The van der Waals surface area contributed by atoms with Crippen LogP contribution in [0, 0.1) is 18.3 Å². The Morgan fingerprint density at radius 1 is 1.50 bits per heavy atom. The highest BCUT2D eigenvalue weighted by Gasteiger charge is 2.30. The first-order valence-corrected chi connectivity index (χ1v) is 5.88. The van der Waals surface area contributed by atoms with E-state index in [0.717, 1.165) is 16.6 Å². The second-order valence-corrected chi connectivity index (χ2v) is 4.55. The summed E-state index contributed by atoms with van der Waals surface area (Å²) in [6.45, 7) is 0.601. The molecule has 1 amide bonds. The number of hydrogen-bond acceptors (Lipinski definition) is 2. The molecule has 3 rings (SSSR count). The Labute approximate surface area is 105 Å². The molecule has 4 heteroatoms. The van der Waals surface area contributed by atoms with Gasteiger partial charge in [0.05, 0.1) is 17.4 Å². The molecule has 18 heavy (non-hydrogen) atoms. The van der Waals surface area contributed by atoms with Crippen molar-refractivity contribution in [3.63, 3.8) is 0 Å². The van der Waals surface area contributed by atoms with E-state index in [2.05, 4.69) is 11.0 Å². The van der Waals surface area contributed by atoms with Gasteiger partial charge in [0.25, 0.3) is 0 Å². The molecule has 1 unspecified atom stereocenters. The topological polar surface area (TPSA) is 38.1 Å². The summed E-state index contributed by atoms with van der Waals surface area (Å²) in [5.74, 6) is 2.77. The first kappa shape index (κ1) is 10.8. The Hall–Kier alpha value is -2.28. The molecule has 1 aliphatic rings. The minimum Gasteiger partial charge on any atom is -0.310 e. The monoisotopic (exact) mass is 239 g/mol. The van der Waals surface area contributed by atoms with E-state index in [4.69, 9.17) is 6.42 Å². The predicted molar refractivity (Wildman–Crippen MR) is 70.0 cm³/mol. The lowest BCUT2D eigenvalue weighted by molar-refractivity contribution is -0.117. The van der Waals surface area contributed by atoms with E-state index in [-0.39, 0.29) is 11.8 Å². The van der Waals surface area contributed by atoms with Crippen LogP contribution in [0.15, 0.2) is 24.4 Å². The first-order valence-electron chi connectivity index (χ1n) is 5.88. The number of nitrogens with zero attached hydrogens (tertiary/aromatic N) is 3. The summed E-state index contributed by atoms with van der Waals surface area (Å²) in [4.78, 5) is 13.8. The number of rotatable bonds is 1. The van der Waals surface area contributed by atoms with E-state index in [9.17, 15) is 4.79 Å². The fourth-order valence-corrected chi connectivity index (χ4v) is 2.45. The van der Waals surface area contributed by atoms with Crippen molar-refractivity contribution in [3.05, 3.63) is 24.4 Å². The molecule has 1 fully saturated rings. The fraction of sp³-hybridized carbons (Fsp3) is 0.286. The maximum absolute atomic E-state index is 12.0. The van der Waals surface area contributed by atoms with E-state index in [0.29, 0.717) is 13.0 Å². The maximum atomic E-state index is 12.0. The molecule has 1 saturated heterocycles. The summed E-state index contributed by atoms with van der Waals surface area (Å²) in [6, 6.07) is 5.88. The van der Waals surface area contributed by atoms with Gasteiger partial charge in [0, 0.05) is 31.3 Å². The van der Waals surface area contributed by atoms with Crippen LogP contribution in [0.1, 0.15) is 6.42 Å². The lowest BCUT2D eigenvalue weighted by Gasteiger charge is -2.16. The zero-order valence-electron chi connectivity index (χ0n) is 10.1. The zero-order valence-corrected chi connectivity index (χ0v) is 10.1. The van der Waals surface area contributed by atoms with Gasteiger partial charge in [-0.1, -0.05) is 6.07 Å². The third kappa shape index (κ3) is 1.48. The summed E-state index contributed by atoms with van der Waals surface area (Å²) in [5, 5.41) is 5.22. The number of carbonyl (C=O) groups is 1. The van der Waals surface area contributed by atoms with Gasteiger partial charge in [0.1, 0.15) is 0 Å². The summed E-state index contributed by atoms with van der Waals surface area (Å²) >= 11 is 0. The zero-order chi connectivity index (χ0) is 12.7. The van der Waals surface area contributed by atoms with Crippen LogP contribution in [0.25, 0.3) is 10.9 Å². The van der Waals surface area contributed by atoms with Crippen LogP contribution in [0.5, 0.6) is 0 Å². The molecule has 4 nitrogen and oxygen atoms in total. The molecular weight excluding hydrogens is 226 g/mol. The third-order valence-electron chi connectivity index (χ3n) is 3.42. The minimum atomic E-state index is 0.0180. The van der Waals surface area contributed by atoms with Gasteiger partial charge in [-0.05, 0) is 12.1 Å². The van der Waals surface area contributed by atoms with E-state index in [1.54, 1.807) is 15.8 Å². The van der Waals surface area contributed by atoms with Gasteiger partial charge >= 0.3 is 0 Å². The Balaban J connectivity index is 2.10. The van der Waals surface area contributed by atoms with Crippen molar-refractivity contribution in [1.29, 1.82) is 0 Å². The summed E-state index contributed by atoms with van der Waals surface area (Å²) in [5.41, 5.74) is 1.92. The molecule has 0 saturated carbocycles. The van der Waals surface area contributed by atoms with E-state index >= 15 is 0 Å². The number of aryl methyl sites for hydroxylation is 1. The van der Waals surface area contributed by atoms with Crippen molar-refractivity contribution in [1.82, 2.24) is 9.78 Å². The van der Waals surface area contributed by atoms with Gasteiger partial charge in [-0.2, -0.15) is 5.10 Å². The van der Waals surface area contributed by atoms with Gasteiger partial charge in [-0.3, -0.25) is 9.48 Å². The number of aromatic nitrogens is 2. The Kier molecular flexibility index (Phi) is 2.34. The molecule has 1 aromatic heterocycles. The molecule has 90 valence electrons. The standard InChI is InChI=1S/C14H13N3O/c1-3-10-7-14(18)17(9-10)13-6-4-5-12-11(13)8-15-16(12)2/h1,4-6,8,10H,7,9H2,2H3. The minimum absolute atomic E-state index is 0.0180. The van der Waals surface area contributed by atoms with Crippen LogP contribution >= 0.6 is 0 Å². The molecule has 1 atom stereocenters. The van der Waals surface area contributed by atoms with Gasteiger partial charge in [-0.15, -0.1) is 12.3 Å². The quantitative estimate of drug-likeness (QED) is 0.708. The molecule has 1 aromatic carbocycles. The molecule has 0 aliphatic carbocycles. The second-order valence-electron chi connectivity index (χ2n) is 4.55. The van der Waals surface area contributed by atoms with Crippen LogP contribution in [-0.4, -0.2) is 22.2 Å². The number of amides is 1. The lowest BCUT2D eigenvalue weighted by Crippen LogP contribution is -2.24. The van der Waals surface area contributed by atoms with Crippen LogP contribution in [0.3, 0.4) is 0 Å². The molecular formula is C14H13N3O. The summed E-state index contributed by atoms with van der Waals surface area (Å²) < 4.78 is 1.80. The Bertz CT molecular complexity index is 665. The van der Waals surface area contributed by atoms with Crippen molar-refractivity contribution in [2.45, 2.75) is 6.42 Å². The molecule has 1 aliphatic heterocycles. The molecule has 0 bridgehead atoms. The van der Waals surface area contributed by atoms with Crippen molar-refractivity contribution in [2.75, 3.05) is 11.4 Å². The fourth-order valence-electron chi connectivity index (χ4n) is 2.45. The lowest BCUT2D eigenvalue weighted by atomic mass is 10.1. The van der Waals surface area contributed by atoms with Crippen LogP contribution in [0.4, 0.5) is 5.69 Å². The number of hydrogen-bond donors (Lipinski definition) is 0. The number of anilines is 1. The molecule has 2 aromatic rings. The van der Waals surface area contributed by atoms with Crippen LogP contribution in [0.2, 0.25) is 0 Å². The number of benzene rings is 1. The van der Waals surface area contributed by atoms with E-state index < -0.39 is 0 Å². The summed E-state index contributed by atoms with van der Waals surface area (Å²) in [6.07, 6.45) is 7.64. The highest BCUT2D eigenvalue weighted by molar-refractivity contribution is 6.04. The van der Waals surface area contributed by atoms with Crippen molar-refractivity contribution in [3.8, 4) is 12.3 Å². The predicted octanol–water partition coefficient (Wildman–Crippen LogP) is 1.56. The molecule has 0 radical (unpaired) electrons. The maximum Gasteiger partial charge on any atom is 0.228 e. The number of terminal acetylenes is 1. The van der Waals surface area contributed by atoms with Crippen molar-refractivity contribution >= 4 is 22.5 Å². The molecule has 0 N–H and O–H groups in total. The molecule has 0 spiro atoms. The SMILES string of the molecule is C#CC1CC(=O)N(c2cccc3c2cnn3C)C1. The average molecular weight is 239 g/mol. The highest BCUT2D eigenvalue weighted by Crippen LogP contribution is 2.31. The van der Waals surface area contributed by atoms with Gasteiger partial charge in [0.2, 0.25) is 5.91 Å². The Morgan fingerprint density at radius 2 is 2.33 bits per heavy atom. The highest BCUT2D eigenvalue weighted by atomic mass is 16.2. The third-order valence-corrected chi connectivity index (χ3v) is 3.42. The normalized spacial score (nSPS) is 19.4. The summed E-state index contributed by atoms with van der Waals surface area (Å²) in [7, 11) is 1.89. The van der Waals surface area contributed by atoms with Crippen molar-refractivity contribution < 1.29 is 4.79 Å². The first-order chi connectivity index (χ1) is 8.70. The van der Waals surface area contributed by atoms with E-state index in [1.165, 1.54) is 0 Å². The van der Waals surface area contributed by atoms with Crippen LogP contribution in [-0.2, 0) is 11.8 Å². The van der Waals surface area contributed by atoms with E-state index in [1.807, 2.05) is 25.2 Å². The number of carbonyl (C=O) groups excluding carboxylic acids is 1. The van der Waals surface area contributed by atoms with Gasteiger partial charge < -0.3 is 4.90 Å². The van der Waals surface area contributed by atoms with Crippen LogP contribution < -0.4 is 4.90 Å². The van der Waals surface area contributed by atoms with Crippen molar-refractivity contribution in [2.24, 2.45) is 13.0 Å². The Morgan fingerprint density at radius 3 is 3.06 bits per heavy atom. The smallest absolute Gasteiger partial charge is 0.228 e. The molecule has 2 heterocycles. The second kappa shape index (κ2) is 3.88. The van der Waals surface area contributed by atoms with Gasteiger partial charge in [0.15, 0.2) is 0 Å². The average Bonchev–Trinajstić information content (AvgIpc) is 2.93. The van der Waals surface area contributed by atoms with Gasteiger partial charge in [-0.25, -0.2) is 0 Å². The largest absolute Gasteiger partial charge is 0.310 e.